The molecule has 5 nitrogen and oxygen atoms in total. The molecule has 0 spiro atoms. The van der Waals surface area contributed by atoms with Crippen molar-refractivity contribution in [3.8, 4) is 0 Å². The SMILES string of the molecule is CC(CNC(=O)NC(=O)CCl)S(C)=O. The number of carbonyl (C=O) groups excluding carboxylic acids is 2. The summed E-state index contributed by atoms with van der Waals surface area (Å²) in [6, 6.07) is -0.618. The Morgan fingerprint density at radius 1 is 1.50 bits per heavy atom. The molecular formula is C7H13ClN2O3S. The molecule has 2 N–H and O–H groups in total. The highest BCUT2D eigenvalue weighted by molar-refractivity contribution is 7.84. The van der Waals surface area contributed by atoms with E-state index in [2.05, 4.69) is 5.32 Å². The quantitative estimate of drug-likeness (QED) is 0.670. The van der Waals surface area contributed by atoms with Crippen molar-refractivity contribution in [2.24, 2.45) is 0 Å². The van der Waals surface area contributed by atoms with Gasteiger partial charge >= 0.3 is 6.03 Å². The maximum atomic E-state index is 10.9. The van der Waals surface area contributed by atoms with Gasteiger partial charge in [0.15, 0.2) is 0 Å². The van der Waals surface area contributed by atoms with E-state index in [1.54, 1.807) is 13.2 Å². The molecule has 14 heavy (non-hydrogen) atoms. The lowest BCUT2D eigenvalue weighted by Crippen LogP contribution is -2.43. The number of hydrogen-bond donors (Lipinski definition) is 2. The van der Waals surface area contributed by atoms with E-state index in [4.69, 9.17) is 11.6 Å². The summed E-state index contributed by atoms with van der Waals surface area (Å²) in [6.45, 7) is 1.99. The van der Waals surface area contributed by atoms with Gasteiger partial charge in [0.05, 0.1) is 0 Å². The van der Waals surface area contributed by atoms with E-state index in [1.165, 1.54) is 0 Å². The molecule has 2 atom stereocenters. The van der Waals surface area contributed by atoms with Crippen LogP contribution in [-0.4, -0.2) is 40.1 Å². The van der Waals surface area contributed by atoms with Crippen molar-refractivity contribution < 1.29 is 13.8 Å². The van der Waals surface area contributed by atoms with E-state index < -0.39 is 22.7 Å². The van der Waals surface area contributed by atoms with Crippen molar-refractivity contribution in [3.63, 3.8) is 0 Å². The zero-order chi connectivity index (χ0) is 11.1. The van der Waals surface area contributed by atoms with E-state index in [9.17, 15) is 13.8 Å². The van der Waals surface area contributed by atoms with Crippen molar-refractivity contribution in [3.05, 3.63) is 0 Å². The first-order chi connectivity index (χ1) is 6.47. The van der Waals surface area contributed by atoms with Gasteiger partial charge in [0.1, 0.15) is 5.88 Å². The van der Waals surface area contributed by atoms with Crippen LogP contribution in [-0.2, 0) is 15.6 Å². The predicted octanol–water partition coefficient (Wildman–Crippen LogP) is -0.182. The van der Waals surface area contributed by atoms with Gasteiger partial charge < -0.3 is 5.32 Å². The second-order valence-corrected chi connectivity index (χ2v) is 4.77. The molecule has 0 aliphatic rings. The number of halogens is 1. The third-order valence-corrected chi connectivity index (χ3v) is 3.03. The van der Waals surface area contributed by atoms with Crippen LogP contribution in [0.3, 0.4) is 0 Å². The maximum Gasteiger partial charge on any atom is 0.321 e. The second kappa shape index (κ2) is 6.78. The highest BCUT2D eigenvalue weighted by Gasteiger charge is 2.09. The van der Waals surface area contributed by atoms with E-state index in [0.717, 1.165) is 0 Å². The Labute approximate surface area is 90.0 Å². The monoisotopic (exact) mass is 240 g/mol. The van der Waals surface area contributed by atoms with Gasteiger partial charge in [-0.2, -0.15) is 0 Å². The fraction of sp³-hybridized carbons (Fsp3) is 0.714. The van der Waals surface area contributed by atoms with Crippen molar-refractivity contribution in [2.75, 3.05) is 18.7 Å². The van der Waals surface area contributed by atoms with E-state index in [0.29, 0.717) is 0 Å². The summed E-state index contributed by atoms with van der Waals surface area (Å²) in [5, 5.41) is 4.26. The maximum absolute atomic E-state index is 10.9. The molecule has 0 rings (SSSR count). The normalized spacial score (nSPS) is 14.2. The van der Waals surface area contributed by atoms with Crippen molar-refractivity contribution in [1.29, 1.82) is 0 Å². The van der Waals surface area contributed by atoms with Crippen LogP contribution in [0.25, 0.3) is 0 Å². The van der Waals surface area contributed by atoms with Crippen LogP contribution >= 0.6 is 11.6 Å². The summed E-state index contributed by atoms with van der Waals surface area (Å²) in [5.74, 6) is -0.822. The van der Waals surface area contributed by atoms with Gasteiger partial charge in [-0.15, -0.1) is 11.6 Å². The number of amides is 3. The Morgan fingerprint density at radius 2 is 2.07 bits per heavy atom. The number of urea groups is 1. The summed E-state index contributed by atoms with van der Waals surface area (Å²) < 4.78 is 10.9. The standard InChI is InChI=1S/C7H13ClN2O3S/c1-5(14(2)13)4-9-7(12)10-6(11)3-8/h5H,3-4H2,1-2H3,(H2,9,10,11,12). The number of rotatable bonds is 4. The van der Waals surface area contributed by atoms with Crippen LogP contribution in [0.2, 0.25) is 0 Å². The van der Waals surface area contributed by atoms with Crippen LogP contribution in [0.4, 0.5) is 4.79 Å². The van der Waals surface area contributed by atoms with Crippen molar-refractivity contribution >= 4 is 34.3 Å². The van der Waals surface area contributed by atoms with Gasteiger partial charge in [-0.25, -0.2) is 4.79 Å². The lowest BCUT2D eigenvalue weighted by atomic mass is 10.5. The lowest BCUT2D eigenvalue weighted by Gasteiger charge is -2.09. The Kier molecular flexibility index (Phi) is 6.48. The molecule has 0 bridgehead atoms. The van der Waals surface area contributed by atoms with Gasteiger partial charge in [-0.05, 0) is 6.92 Å². The molecule has 3 amide bonds. The minimum atomic E-state index is -0.995. The summed E-state index contributed by atoms with van der Waals surface area (Å²) in [6.07, 6.45) is 1.55. The molecule has 0 fully saturated rings. The lowest BCUT2D eigenvalue weighted by molar-refractivity contribution is -0.117. The van der Waals surface area contributed by atoms with Crippen LogP contribution in [0.15, 0.2) is 0 Å². The Balaban J connectivity index is 3.74. The smallest absolute Gasteiger partial charge is 0.321 e. The minimum Gasteiger partial charge on any atom is -0.337 e. The number of imide groups is 1. The van der Waals surface area contributed by atoms with Gasteiger partial charge in [-0.1, -0.05) is 0 Å². The molecule has 0 saturated carbocycles. The molecule has 0 aromatic rings. The fourth-order valence-corrected chi connectivity index (χ4v) is 0.943. The molecule has 2 unspecified atom stereocenters. The number of alkyl halides is 1. The van der Waals surface area contributed by atoms with Gasteiger partial charge in [0, 0.05) is 28.9 Å². The van der Waals surface area contributed by atoms with Gasteiger partial charge in [0.2, 0.25) is 5.91 Å². The largest absolute Gasteiger partial charge is 0.337 e. The average Bonchev–Trinajstić information content (AvgIpc) is 2.13. The zero-order valence-corrected chi connectivity index (χ0v) is 9.57. The molecule has 0 heterocycles. The Bertz CT molecular complexity index is 247. The Hall–Kier alpha value is -0.620. The molecular weight excluding hydrogens is 228 g/mol. The minimum absolute atomic E-state index is 0.146. The summed E-state index contributed by atoms with van der Waals surface area (Å²) in [7, 11) is -0.995. The molecule has 0 aliphatic heterocycles. The first-order valence-corrected chi connectivity index (χ1v) is 6.08. The van der Waals surface area contributed by atoms with Gasteiger partial charge in [0.25, 0.3) is 0 Å². The third kappa shape index (κ3) is 5.93. The number of nitrogens with one attached hydrogen (secondary N) is 2. The number of hydrogen-bond acceptors (Lipinski definition) is 3. The summed E-state index contributed by atoms with van der Waals surface area (Å²) in [4.78, 5) is 21.6. The summed E-state index contributed by atoms with van der Waals surface area (Å²) in [5.41, 5.74) is 0. The van der Waals surface area contributed by atoms with E-state index >= 15 is 0 Å². The molecule has 0 radical (unpaired) electrons. The first-order valence-electron chi connectivity index (χ1n) is 3.93. The van der Waals surface area contributed by atoms with Gasteiger partial charge in [-0.3, -0.25) is 14.3 Å². The van der Waals surface area contributed by atoms with Crippen LogP contribution in [0.5, 0.6) is 0 Å². The summed E-state index contributed by atoms with van der Waals surface area (Å²) >= 11 is 5.17. The Morgan fingerprint density at radius 3 is 2.50 bits per heavy atom. The molecule has 0 aromatic heterocycles. The molecule has 0 aliphatic carbocycles. The van der Waals surface area contributed by atoms with Crippen molar-refractivity contribution in [1.82, 2.24) is 10.6 Å². The fourth-order valence-electron chi connectivity index (χ4n) is 0.558. The van der Waals surface area contributed by atoms with Crippen molar-refractivity contribution in [2.45, 2.75) is 12.2 Å². The highest BCUT2D eigenvalue weighted by atomic mass is 35.5. The molecule has 0 saturated heterocycles. The van der Waals surface area contributed by atoms with Crippen LogP contribution < -0.4 is 10.6 Å². The third-order valence-electron chi connectivity index (χ3n) is 1.49. The molecule has 82 valence electrons. The molecule has 7 heteroatoms. The topological polar surface area (TPSA) is 75.3 Å². The zero-order valence-electron chi connectivity index (χ0n) is 8.00. The second-order valence-electron chi connectivity index (χ2n) is 2.70. The average molecular weight is 241 g/mol. The van der Waals surface area contributed by atoms with E-state index in [1.807, 2.05) is 5.32 Å². The van der Waals surface area contributed by atoms with Crippen LogP contribution in [0.1, 0.15) is 6.92 Å². The predicted molar refractivity (Wildman–Crippen MR) is 55.8 cm³/mol. The van der Waals surface area contributed by atoms with Crippen LogP contribution in [0, 0.1) is 0 Å². The number of carbonyl (C=O) groups is 2. The highest BCUT2D eigenvalue weighted by Crippen LogP contribution is 1.89. The molecule has 0 aromatic carbocycles. The van der Waals surface area contributed by atoms with E-state index in [-0.39, 0.29) is 17.7 Å². The first kappa shape index (κ1) is 13.4.